The van der Waals surface area contributed by atoms with E-state index in [-0.39, 0.29) is 11.4 Å². The summed E-state index contributed by atoms with van der Waals surface area (Å²) in [7, 11) is 0. The van der Waals surface area contributed by atoms with Gasteiger partial charge in [-0.1, -0.05) is 0 Å². The number of aromatic nitrogens is 2. The third-order valence-corrected chi connectivity index (χ3v) is 3.09. The minimum absolute atomic E-state index is 0.220. The van der Waals surface area contributed by atoms with Gasteiger partial charge >= 0.3 is 0 Å². The second-order valence-corrected chi connectivity index (χ2v) is 4.74. The molecular formula is C12H20N2O8. The molecule has 0 aliphatic rings. The van der Waals surface area contributed by atoms with Crippen LogP contribution in [0, 0.1) is 0 Å². The van der Waals surface area contributed by atoms with Crippen LogP contribution in [0.4, 0.5) is 0 Å². The van der Waals surface area contributed by atoms with E-state index in [4.69, 9.17) is 10.2 Å². The Morgan fingerprint density at radius 2 is 1.09 bits per heavy atom. The molecule has 0 aromatic carbocycles. The lowest BCUT2D eigenvalue weighted by atomic mass is 10.0. The lowest BCUT2D eigenvalue weighted by molar-refractivity contribution is -0.0826. The molecular weight excluding hydrogens is 300 g/mol. The quantitative estimate of drug-likeness (QED) is 0.234. The predicted octanol–water partition coefficient (Wildman–Crippen LogP) is -4.03. The Balaban J connectivity index is 2.94. The molecule has 8 N–H and O–H groups in total. The molecule has 1 heterocycles. The highest BCUT2D eigenvalue weighted by Gasteiger charge is 2.30. The van der Waals surface area contributed by atoms with E-state index in [1.54, 1.807) is 0 Å². The van der Waals surface area contributed by atoms with Crippen LogP contribution >= 0.6 is 0 Å². The molecule has 126 valence electrons. The lowest BCUT2D eigenvalue weighted by Crippen LogP contribution is -2.36. The third kappa shape index (κ3) is 4.38. The van der Waals surface area contributed by atoms with Crippen LogP contribution in [0.25, 0.3) is 0 Å². The van der Waals surface area contributed by atoms with E-state index in [0.29, 0.717) is 0 Å². The minimum Gasteiger partial charge on any atom is -0.394 e. The first kappa shape index (κ1) is 18.8. The standard InChI is InChI=1S/C12H20N2O8/c15-3-7(17)11(21)9(19)5-1-13-2-6(14-5)10(20)12(22)8(18)4-16/h1-2,7-12,15-22H,3-4H2/t7-,8-,9+,10+,11+,12+/m1/s1. The molecule has 0 radical (unpaired) electrons. The Bertz CT molecular complexity index is 425. The summed E-state index contributed by atoms with van der Waals surface area (Å²) in [6.45, 7) is -1.56. The largest absolute Gasteiger partial charge is 0.394 e. The van der Waals surface area contributed by atoms with E-state index in [2.05, 4.69) is 9.97 Å². The van der Waals surface area contributed by atoms with Crippen molar-refractivity contribution in [1.29, 1.82) is 0 Å². The van der Waals surface area contributed by atoms with Crippen molar-refractivity contribution < 1.29 is 40.9 Å². The molecule has 0 spiro atoms. The summed E-state index contributed by atoms with van der Waals surface area (Å²) < 4.78 is 0. The van der Waals surface area contributed by atoms with E-state index in [1.807, 2.05) is 0 Å². The maximum absolute atomic E-state index is 9.83. The van der Waals surface area contributed by atoms with Gasteiger partial charge in [0.15, 0.2) is 0 Å². The highest BCUT2D eigenvalue weighted by Crippen LogP contribution is 2.21. The maximum atomic E-state index is 9.83. The molecule has 6 atom stereocenters. The molecule has 10 heteroatoms. The summed E-state index contributed by atoms with van der Waals surface area (Å²) in [6, 6.07) is 0. The first-order valence-corrected chi connectivity index (χ1v) is 6.45. The van der Waals surface area contributed by atoms with Crippen LogP contribution < -0.4 is 0 Å². The maximum Gasteiger partial charge on any atom is 0.126 e. The highest BCUT2D eigenvalue weighted by molar-refractivity contribution is 5.11. The highest BCUT2D eigenvalue weighted by atomic mass is 16.4. The van der Waals surface area contributed by atoms with Crippen molar-refractivity contribution in [2.24, 2.45) is 0 Å². The number of rotatable bonds is 8. The second-order valence-electron chi connectivity index (χ2n) is 4.74. The van der Waals surface area contributed by atoms with Crippen molar-refractivity contribution in [1.82, 2.24) is 9.97 Å². The molecule has 22 heavy (non-hydrogen) atoms. The molecule has 10 nitrogen and oxygen atoms in total. The van der Waals surface area contributed by atoms with E-state index in [1.165, 1.54) is 0 Å². The van der Waals surface area contributed by atoms with Gasteiger partial charge in [-0.15, -0.1) is 0 Å². The summed E-state index contributed by atoms with van der Waals surface area (Å²) in [6.07, 6.45) is -7.95. The summed E-state index contributed by atoms with van der Waals surface area (Å²) in [4.78, 5) is 7.45. The van der Waals surface area contributed by atoms with Gasteiger partial charge in [0.1, 0.15) is 36.6 Å². The van der Waals surface area contributed by atoms with E-state index >= 15 is 0 Å². The summed E-state index contributed by atoms with van der Waals surface area (Å²) in [5.74, 6) is 0. The zero-order chi connectivity index (χ0) is 16.9. The number of nitrogens with zero attached hydrogens (tertiary/aromatic N) is 2. The first-order chi connectivity index (χ1) is 10.3. The van der Waals surface area contributed by atoms with Gasteiger partial charge in [0.05, 0.1) is 37.0 Å². The van der Waals surface area contributed by atoms with Crippen LogP contribution in [0.2, 0.25) is 0 Å². The van der Waals surface area contributed by atoms with Crippen LogP contribution in [-0.4, -0.2) is 88.4 Å². The van der Waals surface area contributed by atoms with Crippen LogP contribution in [0.3, 0.4) is 0 Å². The van der Waals surface area contributed by atoms with Gasteiger partial charge in [-0.3, -0.25) is 4.98 Å². The van der Waals surface area contributed by atoms with Gasteiger partial charge in [0, 0.05) is 0 Å². The number of aliphatic hydroxyl groups excluding tert-OH is 8. The van der Waals surface area contributed by atoms with Gasteiger partial charge in [0.25, 0.3) is 0 Å². The smallest absolute Gasteiger partial charge is 0.126 e. The van der Waals surface area contributed by atoms with Crippen molar-refractivity contribution >= 4 is 0 Å². The van der Waals surface area contributed by atoms with Gasteiger partial charge in [0.2, 0.25) is 0 Å². The van der Waals surface area contributed by atoms with Crippen LogP contribution in [0.1, 0.15) is 23.6 Å². The van der Waals surface area contributed by atoms with Gasteiger partial charge in [-0.05, 0) is 0 Å². The SMILES string of the molecule is OC[C@@H](O)[C@H](O)[C@@H](O)c1cncc([C@H](O)[C@@H](O)[C@H](O)CO)n1. The van der Waals surface area contributed by atoms with Crippen molar-refractivity contribution in [2.45, 2.75) is 36.6 Å². The number of aliphatic hydroxyl groups is 8. The van der Waals surface area contributed by atoms with Crippen molar-refractivity contribution in [2.75, 3.05) is 13.2 Å². The Morgan fingerprint density at radius 1 is 0.727 bits per heavy atom. The Hall–Kier alpha value is -1.24. The molecule has 0 saturated carbocycles. The Morgan fingerprint density at radius 3 is 1.41 bits per heavy atom. The average Bonchev–Trinajstić information content (AvgIpc) is 2.57. The normalized spacial score (nSPS) is 20.0. The topological polar surface area (TPSA) is 188 Å². The molecule has 1 aromatic rings. The summed E-state index contributed by atoms with van der Waals surface area (Å²) in [5, 5.41) is 74.8. The van der Waals surface area contributed by atoms with E-state index in [0.717, 1.165) is 12.4 Å². The van der Waals surface area contributed by atoms with Gasteiger partial charge < -0.3 is 40.9 Å². The van der Waals surface area contributed by atoms with Gasteiger partial charge in [-0.2, -0.15) is 0 Å². The predicted molar refractivity (Wildman–Crippen MR) is 70.2 cm³/mol. The van der Waals surface area contributed by atoms with Crippen molar-refractivity contribution in [3.63, 3.8) is 0 Å². The fourth-order valence-electron chi connectivity index (χ4n) is 1.67. The number of hydrogen-bond acceptors (Lipinski definition) is 10. The average molecular weight is 320 g/mol. The van der Waals surface area contributed by atoms with Crippen LogP contribution in [0.15, 0.2) is 12.4 Å². The second kappa shape index (κ2) is 8.41. The summed E-state index contributed by atoms with van der Waals surface area (Å²) >= 11 is 0. The summed E-state index contributed by atoms with van der Waals surface area (Å²) in [5.41, 5.74) is -0.440. The van der Waals surface area contributed by atoms with Gasteiger partial charge in [-0.25, -0.2) is 4.98 Å². The molecule has 0 aliphatic carbocycles. The van der Waals surface area contributed by atoms with Crippen molar-refractivity contribution in [3.05, 3.63) is 23.8 Å². The van der Waals surface area contributed by atoms with E-state index < -0.39 is 49.8 Å². The number of hydrogen-bond donors (Lipinski definition) is 8. The molecule has 0 unspecified atom stereocenters. The fraction of sp³-hybridized carbons (Fsp3) is 0.667. The van der Waals surface area contributed by atoms with Crippen LogP contribution in [-0.2, 0) is 0 Å². The third-order valence-electron chi connectivity index (χ3n) is 3.09. The van der Waals surface area contributed by atoms with E-state index in [9.17, 15) is 30.6 Å². The molecule has 1 aromatic heterocycles. The lowest BCUT2D eigenvalue weighted by Gasteiger charge is -2.23. The molecule has 0 saturated heterocycles. The molecule has 0 amide bonds. The Labute approximate surface area is 125 Å². The Kier molecular flexibility index (Phi) is 7.19. The minimum atomic E-state index is -1.74. The monoisotopic (exact) mass is 320 g/mol. The first-order valence-electron chi connectivity index (χ1n) is 6.45. The van der Waals surface area contributed by atoms with Crippen LogP contribution in [0.5, 0.6) is 0 Å². The molecule has 0 fully saturated rings. The molecule has 0 bridgehead atoms. The fourth-order valence-corrected chi connectivity index (χ4v) is 1.67. The zero-order valence-electron chi connectivity index (χ0n) is 11.5. The zero-order valence-corrected chi connectivity index (χ0v) is 11.5. The molecule has 0 aliphatic heterocycles. The van der Waals surface area contributed by atoms with Crippen molar-refractivity contribution in [3.8, 4) is 0 Å². The molecule has 1 rings (SSSR count).